The second-order valence-corrected chi connectivity index (χ2v) is 3.73. The van der Waals surface area contributed by atoms with Crippen molar-refractivity contribution in [1.29, 1.82) is 0 Å². The average Bonchev–Trinajstić information content (AvgIpc) is 2.16. The van der Waals surface area contributed by atoms with Gasteiger partial charge in [-0.15, -0.1) is 0 Å². The van der Waals surface area contributed by atoms with Crippen LogP contribution in [0.15, 0.2) is 24.3 Å². The molecule has 0 saturated heterocycles. The van der Waals surface area contributed by atoms with Crippen LogP contribution in [0, 0.1) is 10.1 Å². The van der Waals surface area contributed by atoms with Crippen LogP contribution >= 0.6 is 0 Å². The van der Waals surface area contributed by atoms with Crippen LogP contribution in [-0.4, -0.2) is 17.1 Å². The van der Waals surface area contributed by atoms with E-state index in [-0.39, 0.29) is 17.8 Å². The lowest BCUT2D eigenvalue weighted by molar-refractivity contribution is -0.385. The Labute approximate surface area is 87.0 Å². The Bertz CT molecular complexity index is 375. The number of hydrogen-bond donors (Lipinski definition) is 1. The van der Waals surface area contributed by atoms with Gasteiger partial charge in [-0.05, 0) is 18.9 Å². The summed E-state index contributed by atoms with van der Waals surface area (Å²) in [5.41, 5.74) is 5.66. The molecule has 1 aliphatic carbocycles. The van der Waals surface area contributed by atoms with Crippen molar-refractivity contribution < 1.29 is 9.66 Å². The van der Waals surface area contributed by atoms with Crippen molar-refractivity contribution in [3.05, 3.63) is 34.4 Å². The Balaban J connectivity index is 2.02. The van der Waals surface area contributed by atoms with Gasteiger partial charge in [-0.1, -0.05) is 6.07 Å². The first-order valence-corrected chi connectivity index (χ1v) is 4.82. The Hall–Kier alpha value is -1.62. The summed E-state index contributed by atoms with van der Waals surface area (Å²) in [6.07, 6.45) is 1.76. The molecule has 5 nitrogen and oxygen atoms in total. The van der Waals surface area contributed by atoms with E-state index in [0.29, 0.717) is 5.75 Å². The minimum Gasteiger partial charge on any atom is -0.490 e. The normalized spacial score (nSPS) is 24.3. The molecule has 2 N–H and O–H groups in total. The molecule has 0 heterocycles. The summed E-state index contributed by atoms with van der Waals surface area (Å²) >= 11 is 0. The molecule has 1 aliphatic rings. The maximum absolute atomic E-state index is 10.5. The fraction of sp³-hybridized carbons (Fsp3) is 0.400. The van der Waals surface area contributed by atoms with Crippen LogP contribution in [0.25, 0.3) is 0 Å². The van der Waals surface area contributed by atoms with Crippen molar-refractivity contribution in [2.75, 3.05) is 0 Å². The highest BCUT2D eigenvalue weighted by atomic mass is 16.6. The van der Waals surface area contributed by atoms with Crippen molar-refractivity contribution in [3.8, 4) is 5.75 Å². The standard InChI is InChI=1S/C10H12N2O3/c11-7-4-10(5-7)15-9-3-1-2-8(6-9)12(13)14/h1-3,6-7,10H,4-5,11H2. The van der Waals surface area contributed by atoms with Crippen LogP contribution in [0.2, 0.25) is 0 Å². The molecule has 0 aromatic heterocycles. The number of nitrogens with two attached hydrogens (primary N) is 1. The van der Waals surface area contributed by atoms with Crippen LogP contribution in [-0.2, 0) is 0 Å². The third kappa shape index (κ3) is 2.24. The van der Waals surface area contributed by atoms with E-state index in [0.717, 1.165) is 12.8 Å². The first kappa shape index (κ1) is 9.92. The van der Waals surface area contributed by atoms with E-state index in [9.17, 15) is 10.1 Å². The predicted octanol–water partition coefficient (Wildman–Crippen LogP) is 1.46. The van der Waals surface area contributed by atoms with Crippen molar-refractivity contribution in [1.82, 2.24) is 0 Å². The minimum atomic E-state index is -0.431. The first-order chi connectivity index (χ1) is 7.15. The highest BCUT2D eigenvalue weighted by molar-refractivity contribution is 5.38. The number of nitro benzene ring substituents is 1. The molecule has 80 valence electrons. The molecular weight excluding hydrogens is 196 g/mol. The summed E-state index contributed by atoms with van der Waals surface area (Å²) in [7, 11) is 0. The maximum atomic E-state index is 10.5. The summed E-state index contributed by atoms with van der Waals surface area (Å²) in [6, 6.07) is 6.43. The maximum Gasteiger partial charge on any atom is 0.273 e. The summed E-state index contributed by atoms with van der Waals surface area (Å²) in [6.45, 7) is 0. The monoisotopic (exact) mass is 208 g/mol. The summed E-state index contributed by atoms with van der Waals surface area (Å²) < 4.78 is 5.53. The molecule has 2 rings (SSSR count). The molecule has 0 spiro atoms. The van der Waals surface area contributed by atoms with Crippen LogP contribution in [0.4, 0.5) is 5.69 Å². The first-order valence-electron chi connectivity index (χ1n) is 4.82. The number of nitrogens with zero attached hydrogens (tertiary/aromatic N) is 1. The lowest BCUT2D eigenvalue weighted by Gasteiger charge is -2.32. The molecule has 15 heavy (non-hydrogen) atoms. The second-order valence-electron chi connectivity index (χ2n) is 3.73. The average molecular weight is 208 g/mol. The summed E-state index contributed by atoms with van der Waals surface area (Å²) in [5, 5.41) is 10.5. The topological polar surface area (TPSA) is 78.4 Å². The lowest BCUT2D eigenvalue weighted by Crippen LogP contribution is -2.43. The number of ether oxygens (including phenoxy) is 1. The van der Waals surface area contributed by atoms with Crippen molar-refractivity contribution in [2.24, 2.45) is 5.73 Å². The Morgan fingerprint density at radius 3 is 2.80 bits per heavy atom. The zero-order chi connectivity index (χ0) is 10.8. The van der Waals surface area contributed by atoms with Gasteiger partial charge >= 0.3 is 0 Å². The smallest absolute Gasteiger partial charge is 0.273 e. The van der Waals surface area contributed by atoms with Gasteiger partial charge in [0.15, 0.2) is 0 Å². The van der Waals surface area contributed by atoms with E-state index in [1.54, 1.807) is 12.1 Å². The van der Waals surface area contributed by atoms with E-state index in [1.165, 1.54) is 12.1 Å². The molecule has 1 aromatic carbocycles. The molecule has 0 aliphatic heterocycles. The van der Waals surface area contributed by atoms with E-state index in [4.69, 9.17) is 10.5 Å². The number of non-ortho nitro benzene ring substituents is 1. The summed E-state index contributed by atoms with van der Waals surface area (Å²) in [5.74, 6) is 0.543. The fourth-order valence-corrected chi connectivity index (χ4v) is 1.57. The third-order valence-electron chi connectivity index (χ3n) is 2.46. The molecule has 5 heteroatoms. The third-order valence-corrected chi connectivity index (χ3v) is 2.46. The minimum absolute atomic E-state index is 0.0520. The van der Waals surface area contributed by atoms with Crippen molar-refractivity contribution >= 4 is 5.69 Å². The fourth-order valence-electron chi connectivity index (χ4n) is 1.57. The molecule has 1 saturated carbocycles. The van der Waals surface area contributed by atoms with Crippen molar-refractivity contribution in [3.63, 3.8) is 0 Å². The van der Waals surface area contributed by atoms with Crippen molar-refractivity contribution in [2.45, 2.75) is 25.0 Å². The van der Waals surface area contributed by atoms with Gasteiger partial charge in [0, 0.05) is 12.1 Å². The van der Waals surface area contributed by atoms with Crippen LogP contribution in [0.1, 0.15) is 12.8 Å². The number of hydrogen-bond acceptors (Lipinski definition) is 4. The SMILES string of the molecule is NC1CC(Oc2cccc([N+](=O)[O-])c2)C1. The Morgan fingerprint density at radius 2 is 2.20 bits per heavy atom. The second kappa shape index (κ2) is 3.86. The van der Waals surface area contributed by atoms with Gasteiger partial charge in [0.05, 0.1) is 11.0 Å². The van der Waals surface area contributed by atoms with E-state index < -0.39 is 4.92 Å². The number of rotatable bonds is 3. The van der Waals surface area contributed by atoms with Gasteiger partial charge in [0.2, 0.25) is 0 Å². The molecule has 0 atom stereocenters. The van der Waals surface area contributed by atoms with Gasteiger partial charge in [-0.2, -0.15) is 0 Å². The van der Waals surface area contributed by atoms with Gasteiger partial charge in [0.25, 0.3) is 5.69 Å². The number of nitro groups is 1. The molecule has 1 fully saturated rings. The molecular formula is C10H12N2O3. The molecule has 0 bridgehead atoms. The molecule has 1 aromatic rings. The van der Waals surface area contributed by atoms with Crippen LogP contribution < -0.4 is 10.5 Å². The predicted molar refractivity (Wildman–Crippen MR) is 54.7 cm³/mol. The van der Waals surface area contributed by atoms with E-state index >= 15 is 0 Å². The highest BCUT2D eigenvalue weighted by Crippen LogP contribution is 2.26. The van der Waals surface area contributed by atoms with Gasteiger partial charge in [-0.3, -0.25) is 10.1 Å². The van der Waals surface area contributed by atoms with E-state index in [1.807, 2.05) is 0 Å². The zero-order valence-electron chi connectivity index (χ0n) is 8.13. The van der Waals surface area contributed by atoms with Crippen LogP contribution in [0.3, 0.4) is 0 Å². The molecule has 0 unspecified atom stereocenters. The lowest BCUT2D eigenvalue weighted by atomic mass is 9.90. The van der Waals surface area contributed by atoms with Crippen LogP contribution in [0.5, 0.6) is 5.75 Å². The Morgan fingerprint density at radius 1 is 1.47 bits per heavy atom. The highest BCUT2D eigenvalue weighted by Gasteiger charge is 2.27. The van der Waals surface area contributed by atoms with Gasteiger partial charge in [0.1, 0.15) is 11.9 Å². The van der Waals surface area contributed by atoms with Gasteiger partial charge in [-0.25, -0.2) is 0 Å². The summed E-state index contributed by atoms with van der Waals surface area (Å²) in [4.78, 5) is 10.1. The molecule has 0 radical (unpaired) electrons. The largest absolute Gasteiger partial charge is 0.490 e. The quantitative estimate of drug-likeness (QED) is 0.602. The number of benzene rings is 1. The molecule has 0 amide bonds. The Kier molecular flexibility index (Phi) is 2.55. The zero-order valence-corrected chi connectivity index (χ0v) is 8.13. The van der Waals surface area contributed by atoms with Gasteiger partial charge < -0.3 is 10.5 Å². The van der Waals surface area contributed by atoms with E-state index in [2.05, 4.69) is 0 Å².